The second-order valence-electron chi connectivity index (χ2n) is 4.21. The van der Waals surface area contributed by atoms with Gasteiger partial charge >= 0.3 is 0 Å². The van der Waals surface area contributed by atoms with Crippen molar-refractivity contribution in [1.29, 1.82) is 0 Å². The van der Waals surface area contributed by atoms with E-state index in [9.17, 15) is 0 Å². The molecule has 0 aromatic carbocycles. The largest absolute Gasteiger partial charge is 0.381 e. The Morgan fingerprint density at radius 1 is 1.56 bits per heavy atom. The lowest BCUT2D eigenvalue weighted by Crippen LogP contribution is -2.19. The van der Waals surface area contributed by atoms with Gasteiger partial charge in [0.15, 0.2) is 0 Å². The van der Waals surface area contributed by atoms with Crippen LogP contribution in [-0.2, 0) is 4.74 Å². The Balaban J connectivity index is 1.95. The molecule has 1 N–H and O–H groups in total. The van der Waals surface area contributed by atoms with Crippen LogP contribution in [0.2, 0.25) is 0 Å². The van der Waals surface area contributed by atoms with Gasteiger partial charge in [0.05, 0.1) is 12.6 Å². The summed E-state index contributed by atoms with van der Waals surface area (Å²) in [5.41, 5.74) is 0. The van der Waals surface area contributed by atoms with Crippen molar-refractivity contribution in [3.8, 4) is 0 Å². The number of hydrogen-bond acceptors (Lipinski definition) is 5. The van der Waals surface area contributed by atoms with E-state index in [1.165, 1.54) is 0 Å². The standard InChI is InChI=1S/C11H19N3OS/c1-3-5-12-8(2)10-13-14-11(16-10)9-4-6-15-7-9/h8-9,12H,3-7H2,1-2H3. The minimum absolute atomic E-state index is 0.313. The summed E-state index contributed by atoms with van der Waals surface area (Å²) in [6, 6.07) is 0.313. The van der Waals surface area contributed by atoms with Gasteiger partial charge in [0.25, 0.3) is 0 Å². The van der Waals surface area contributed by atoms with Crippen molar-refractivity contribution in [1.82, 2.24) is 15.5 Å². The summed E-state index contributed by atoms with van der Waals surface area (Å²) < 4.78 is 5.37. The molecule has 4 nitrogen and oxygen atoms in total. The molecule has 1 fully saturated rings. The summed E-state index contributed by atoms with van der Waals surface area (Å²) in [6.45, 7) is 7.02. The lowest BCUT2D eigenvalue weighted by Gasteiger charge is -2.08. The zero-order chi connectivity index (χ0) is 11.4. The highest BCUT2D eigenvalue weighted by Gasteiger charge is 2.22. The van der Waals surface area contributed by atoms with Crippen molar-refractivity contribution < 1.29 is 4.74 Å². The highest BCUT2D eigenvalue weighted by Crippen LogP contribution is 2.29. The van der Waals surface area contributed by atoms with Crippen LogP contribution < -0.4 is 5.32 Å². The third-order valence-corrected chi connectivity index (χ3v) is 4.07. The Labute approximate surface area is 100 Å². The molecule has 0 aliphatic carbocycles. The number of hydrogen-bond donors (Lipinski definition) is 1. The van der Waals surface area contributed by atoms with Crippen LogP contribution in [0, 0.1) is 0 Å². The third kappa shape index (κ3) is 2.78. The van der Waals surface area contributed by atoms with Gasteiger partial charge in [-0.3, -0.25) is 0 Å². The van der Waals surface area contributed by atoms with Gasteiger partial charge in [0, 0.05) is 12.5 Å². The maximum Gasteiger partial charge on any atom is 0.134 e. The quantitative estimate of drug-likeness (QED) is 0.857. The first-order valence-corrected chi connectivity index (χ1v) is 6.77. The zero-order valence-electron chi connectivity index (χ0n) is 9.90. The maximum atomic E-state index is 5.37. The van der Waals surface area contributed by atoms with Crippen LogP contribution >= 0.6 is 11.3 Å². The fourth-order valence-electron chi connectivity index (χ4n) is 1.76. The highest BCUT2D eigenvalue weighted by molar-refractivity contribution is 7.11. The lowest BCUT2D eigenvalue weighted by atomic mass is 10.1. The Hall–Kier alpha value is -0.520. The molecular weight excluding hydrogens is 222 g/mol. The molecule has 1 aliphatic heterocycles. The van der Waals surface area contributed by atoms with Gasteiger partial charge in [-0.15, -0.1) is 10.2 Å². The molecule has 0 spiro atoms. The summed E-state index contributed by atoms with van der Waals surface area (Å²) >= 11 is 1.72. The molecule has 0 amide bonds. The number of nitrogens with one attached hydrogen (secondary N) is 1. The van der Waals surface area contributed by atoms with Gasteiger partial charge < -0.3 is 10.1 Å². The lowest BCUT2D eigenvalue weighted by molar-refractivity contribution is 0.194. The molecular formula is C11H19N3OS. The van der Waals surface area contributed by atoms with E-state index in [1.807, 2.05) is 0 Å². The SMILES string of the molecule is CCCNC(C)c1nnc(C2CCOC2)s1. The fourth-order valence-corrected chi connectivity index (χ4v) is 2.75. The average Bonchev–Trinajstić information content (AvgIpc) is 2.94. The molecule has 1 aromatic heterocycles. The smallest absolute Gasteiger partial charge is 0.134 e. The molecule has 1 aromatic rings. The molecule has 1 aliphatic rings. The maximum absolute atomic E-state index is 5.37. The number of rotatable bonds is 5. The second-order valence-corrected chi connectivity index (χ2v) is 5.26. The molecule has 90 valence electrons. The summed E-state index contributed by atoms with van der Waals surface area (Å²) in [7, 11) is 0. The van der Waals surface area contributed by atoms with E-state index < -0.39 is 0 Å². The van der Waals surface area contributed by atoms with E-state index in [1.54, 1.807) is 11.3 Å². The first-order valence-electron chi connectivity index (χ1n) is 5.95. The van der Waals surface area contributed by atoms with Crippen molar-refractivity contribution in [2.45, 2.75) is 38.6 Å². The molecule has 2 atom stereocenters. The van der Waals surface area contributed by atoms with Gasteiger partial charge in [-0.25, -0.2) is 0 Å². The first kappa shape index (κ1) is 12.0. The highest BCUT2D eigenvalue weighted by atomic mass is 32.1. The van der Waals surface area contributed by atoms with Crippen LogP contribution in [0.3, 0.4) is 0 Å². The minimum Gasteiger partial charge on any atom is -0.381 e. The molecule has 2 unspecified atom stereocenters. The van der Waals surface area contributed by atoms with Crippen LogP contribution in [0.1, 0.15) is 48.7 Å². The number of nitrogens with zero attached hydrogens (tertiary/aromatic N) is 2. The van der Waals surface area contributed by atoms with Gasteiger partial charge in [-0.05, 0) is 26.3 Å². The second kappa shape index (κ2) is 5.70. The predicted octanol–water partition coefficient (Wildman–Crippen LogP) is 2.10. The van der Waals surface area contributed by atoms with Gasteiger partial charge in [0.1, 0.15) is 10.0 Å². The molecule has 16 heavy (non-hydrogen) atoms. The Morgan fingerprint density at radius 3 is 3.12 bits per heavy atom. The van der Waals surface area contributed by atoms with Gasteiger partial charge in [-0.1, -0.05) is 18.3 Å². The van der Waals surface area contributed by atoms with Crippen LogP contribution in [0.4, 0.5) is 0 Å². The van der Waals surface area contributed by atoms with E-state index in [4.69, 9.17) is 4.74 Å². The van der Waals surface area contributed by atoms with Crippen LogP contribution in [0.15, 0.2) is 0 Å². The molecule has 2 heterocycles. The summed E-state index contributed by atoms with van der Waals surface area (Å²) in [5, 5.41) is 14.2. The first-order chi connectivity index (χ1) is 7.81. The normalized spacial score (nSPS) is 22.5. The Bertz CT molecular complexity index is 323. The van der Waals surface area contributed by atoms with Gasteiger partial charge in [-0.2, -0.15) is 0 Å². The topological polar surface area (TPSA) is 47.0 Å². The minimum atomic E-state index is 0.313. The van der Waals surface area contributed by atoms with Crippen LogP contribution in [0.5, 0.6) is 0 Å². The van der Waals surface area contributed by atoms with Crippen LogP contribution in [0.25, 0.3) is 0 Å². The van der Waals surface area contributed by atoms with Crippen LogP contribution in [-0.4, -0.2) is 30.0 Å². The number of ether oxygens (including phenoxy) is 1. The Morgan fingerprint density at radius 2 is 2.44 bits per heavy atom. The van der Waals surface area contributed by atoms with E-state index in [-0.39, 0.29) is 0 Å². The predicted molar refractivity (Wildman–Crippen MR) is 64.8 cm³/mol. The van der Waals surface area contributed by atoms with E-state index in [0.29, 0.717) is 12.0 Å². The third-order valence-electron chi connectivity index (χ3n) is 2.81. The zero-order valence-corrected chi connectivity index (χ0v) is 10.7. The molecule has 5 heteroatoms. The van der Waals surface area contributed by atoms with Crippen molar-refractivity contribution in [3.05, 3.63) is 10.0 Å². The van der Waals surface area contributed by atoms with E-state index in [0.717, 1.165) is 42.6 Å². The summed E-state index contributed by atoms with van der Waals surface area (Å²) in [4.78, 5) is 0. The van der Waals surface area contributed by atoms with Gasteiger partial charge in [0.2, 0.25) is 0 Å². The molecule has 0 bridgehead atoms. The molecule has 0 saturated carbocycles. The number of aromatic nitrogens is 2. The molecule has 0 radical (unpaired) electrons. The summed E-state index contributed by atoms with van der Waals surface area (Å²) in [5.74, 6) is 0.477. The Kier molecular flexibility index (Phi) is 4.26. The summed E-state index contributed by atoms with van der Waals surface area (Å²) in [6.07, 6.45) is 2.23. The molecule has 1 saturated heterocycles. The van der Waals surface area contributed by atoms with Crippen molar-refractivity contribution in [2.24, 2.45) is 0 Å². The van der Waals surface area contributed by atoms with E-state index in [2.05, 4.69) is 29.4 Å². The van der Waals surface area contributed by atoms with Crippen molar-refractivity contribution in [3.63, 3.8) is 0 Å². The van der Waals surface area contributed by atoms with Crippen molar-refractivity contribution in [2.75, 3.05) is 19.8 Å². The fraction of sp³-hybridized carbons (Fsp3) is 0.818. The average molecular weight is 241 g/mol. The monoisotopic (exact) mass is 241 g/mol. The van der Waals surface area contributed by atoms with E-state index >= 15 is 0 Å². The molecule has 2 rings (SSSR count). The van der Waals surface area contributed by atoms with Crippen molar-refractivity contribution >= 4 is 11.3 Å².